The van der Waals surface area contributed by atoms with Gasteiger partial charge in [0.25, 0.3) is 0 Å². The smallest absolute Gasteiger partial charge is 0.191 e. The van der Waals surface area contributed by atoms with Crippen LogP contribution in [0.3, 0.4) is 0 Å². The van der Waals surface area contributed by atoms with Crippen LogP contribution in [-0.2, 0) is 11.3 Å². The van der Waals surface area contributed by atoms with Crippen LogP contribution in [0.2, 0.25) is 0 Å². The van der Waals surface area contributed by atoms with Gasteiger partial charge in [0.15, 0.2) is 5.96 Å². The highest BCUT2D eigenvalue weighted by Crippen LogP contribution is 2.16. The highest BCUT2D eigenvalue weighted by molar-refractivity contribution is 14.0. The number of likely N-dealkylation sites (tertiary alicyclic amines) is 1. The van der Waals surface area contributed by atoms with E-state index in [9.17, 15) is 0 Å². The lowest BCUT2D eigenvalue weighted by molar-refractivity contribution is 0.00565. The SMILES string of the molecule is I.NC(=NCCCOC1CCN(Cc2ccccc2)CC1)N1CCSCC1. The van der Waals surface area contributed by atoms with Gasteiger partial charge < -0.3 is 15.4 Å². The predicted molar refractivity (Wildman–Crippen MR) is 126 cm³/mol. The molecule has 0 radical (unpaired) electrons. The first-order valence-electron chi connectivity index (χ1n) is 9.82. The summed E-state index contributed by atoms with van der Waals surface area (Å²) in [6, 6.07) is 10.7. The Labute approximate surface area is 185 Å². The molecule has 27 heavy (non-hydrogen) atoms. The molecule has 2 fully saturated rings. The Morgan fingerprint density at radius 2 is 1.81 bits per heavy atom. The normalized spacial score (nSPS) is 19.7. The maximum atomic E-state index is 6.07. The van der Waals surface area contributed by atoms with Gasteiger partial charge in [-0.3, -0.25) is 9.89 Å². The third kappa shape index (κ3) is 8.17. The van der Waals surface area contributed by atoms with E-state index in [4.69, 9.17) is 10.5 Å². The van der Waals surface area contributed by atoms with Crippen LogP contribution in [0.1, 0.15) is 24.8 Å². The summed E-state index contributed by atoms with van der Waals surface area (Å²) in [5.74, 6) is 3.02. The quantitative estimate of drug-likeness (QED) is 0.268. The van der Waals surface area contributed by atoms with Crippen LogP contribution < -0.4 is 5.73 Å². The molecule has 2 heterocycles. The minimum Gasteiger partial charge on any atom is -0.378 e. The molecule has 0 bridgehead atoms. The highest BCUT2D eigenvalue weighted by Gasteiger charge is 2.19. The van der Waals surface area contributed by atoms with Gasteiger partial charge in [-0.1, -0.05) is 30.3 Å². The van der Waals surface area contributed by atoms with Gasteiger partial charge in [0.05, 0.1) is 6.10 Å². The van der Waals surface area contributed by atoms with Crippen LogP contribution >= 0.6 is 35.7 Å². The van der Waals surface area contributed by atoms with Crippen molar-refractivity contribution in [1.82, 2.24) is 9.80 Å². The van der Waals surface area contributed by atoms with Crippen molar-refractivity contribution in [3.05, 3.63) is 35.9 Å². The number of nitrogens with two attached hydrogens (primary N) is 1. The summed E-state index contributed by atoms with van der Waals surface area (Å²) < 4.78 is 6.06. The summed E-state index contributed by atoms with van der Waals surface area (Å²) in [6.07, 6.45) is 3.61. The fourth-order valence-corrected chi connectivity index (χ4v) is 4.38. The van der Waals surface area contributed by atoms with E-state index < -0.39 is 0 Å². The van der Waals surface area contributed by atoms with Crippen LogP contribution in [0, 0.1) is 0 Å². The van der Waals surface area contributed by atoms with Crippen molar-refractivity contribution in [2.45, 2.75) is 31.9 Å². The summed E-state index contributed by atoms with van der Waals surface area (Å²) >= 11 is 1.99. The molecule has 0 unspecified atom stereocenters. The molecule has 2 aliphatic heterocycles. The molecule has 2 saturated heterocycles. The lowest BCUT2D eigenvalue weighted by Gasteiger charge is -2.32. The topological polar surface area (TPSA) is 54.1 Å². The Morgan fingerprint density at radius 3 is 2.52 bits per heavy atom. The predicted octanol–water partition coefficient (Wildman–Crippen LogP) is 3.04. The number of hydrogen-bond donors (Lipinski definition) is 1. The number of benzene rings is 1. The minimum atomic E-state index is 0. The average Bonchev–Trinajstić information content (AvgIpc) is 2.70. The number of thioether (sulfide) groups is 1. The molecule has 2 aliphatic rings. The Bertz CT molecular complexity index is 546. The molecule has 0 saturated carbocycles. The van der Waals surface area contributed by atoms with Crippen molar-refractivity contribution in [3.8, 4) is 0 Å². The Morgan fingerprint density at radius 1 is 1.11 bits per heavy atom. The maximum absolute atomic E-state index is 6.07. The second-order valence-electron chi connectivity index (χ2n) is 7.02. The number of nitrogens with zero attached hydrogens (tertiary/aromatic N) is 3. The molecule has 5 nitrogen and oxygen atoms in total. The van der Waals surface area contributed by atoms with Crippen LogP contribution in [0.15, 0.2) is 35.3 Å². The van der Waals surface area contributed by atoms with E-state index in [1.807, 2.05) is 11.8 Å². The molecule has 0 spiro atoms. The molecule has 0 atom stereocenters. The first-order valence-corrected chi connectivity index (χ1v) is 11.0. The molecule has 7 heteroatoms. The van der Waals surface area contributed by atoms with Gasteiger partial charge in [0.2, 0.25) is 0 Å². The summed E-state index contributed by atoms with van der Waals surface area (Å²) in [4.78, 5) is 9.23. The Hall–Kier alpha value is -0.510. The third-order valence-electron chi connectivity index (χ3n) is 5.05. The van der Waals surface area contributed by atoms with E-state index in [2.05, 4.69) is 45.1 Å². The van der Waals surface area contributed by atoms with E-state index in [0.29, 0.717) is 12.1 Å². The molecular weight excluding hydrogens is 471 g/mol. The molecule has 1 aromatic rings. The molecule has 0 amide bonds. The van der Waals surface area contributed by atoms with Crippen molar-refractivity contribution < 1.29 is 4.74 Å². The third-order valence-corrected chi connectivity index (χ3v) is 5.99. The van der Waals surface area contributed by atoms with E-state index in [1.165, 1.54) is 5.56 Å². The van der Waals surface area contributed by atoms with Crippen molar-refractivity contribution >= 4 is 41.7 Å². The fourth-order valence-electron chi connectivity index (χ4n) is 3.48. The number of guanidine groups is 1. The van der Waals surface area contributed by atoms with Crippen LogP contribution in [0.25, 0.3) is 0 Å². The standard InChI is InChI=1S/C20H32N4OS.HI/c21-20(24-12-15-26-16-13-24)22-9-4-14-25-19-7-10-23(11-8-19)17-18-5-2-1-3-6-18;/h1-3,5-6,19H,4,7-17H2,(H2,21,22);1H. The molecule has 0 aromatic heterocycles. The van der Waals surface area contributed by atoms with E-state index in [0.717, 1.165) is 76.6 Å². The van der Waals surface area contributed by atoms with Gasteiger partial charge in [0.1, 0.15) is 0 Å². The van der Waals surface area contributed by atoms with Crippen molar-refractivity contribution in [2.24, 2.45) is 10.7 Å². The molecule has 3 rings (SSSR count). The number of halogens is 1. The first kappa shape index (κ1) is 22.8. The summed E-state index contributed by atoms with van der Waals surface area (Å²) in [5, 5.41) is 0. The maximum Gasteiger partial charge on any atom is 0.191 e. The summed E-state index contributed by atoms with van der Waals surface area (Å²) in [7, 11) is 0. The highest BCUT2D eigenvalue weighted by atomic mass is 127. The molecule has 0 aliphatic carbocycles. The van der Waals surface area contributed by atoms with Gasteiger partial charge in [-0.15, -0.1) is 24.0 Å². The van der Waals surface area contributed by atoms with Crippen molar-refractivity contribution in [3.63, 3.8) is 0 Å². The van der Waals surface area contributed by atoms with Gasteiger partial charge in [-0.2, -0.15) is 11.8 Å². The zero-order valence-corrected chi connectivity index (χ0v) is 19.2. The minimum absolute atomic E-state index is 0. The number of hydrogen-bond acceptors (Lipinski definition) is 4. The van der Waals surface area contributed by atoms with E-state index >= 15 is 0 Å². The molecular formula is C20H33IN4OS. The monoisotopic (exact) mass is 504 g/mol. The number of piperidine rings is 1. The second-order valence-corrected chi connectivity index (χ2v) is 8.25. The Kier molecular flexibility index (Phi) is 10.8. The lowest BCUT2D eigenvalue weighted by atomic mass is 10.1. The zero-order chi connectivity index (χ0) is 18.0. The lowest BCUT2D eigenvalue weighted by Crippen LogP contribution is -2.42. The molecule has 2 N–H and O–H groups in total. The van der Waals surface area contributed by atoms with Crippen molar-refractivity contribution in [2.75, 3.05) is 50.8 Å². The van der Waals surface area contributed by atoms with Gasteiger partial charge in [0, 0.05) is 57.4 Å². The first-order chi connectivity index (χ1) is 12.8. The van der Waals surface area contributed by atoms with Gasteiger partial charge >= 0.3 is 0 Å². The van der Waals surface area contributed by atoms with E-state index in [-0.39, 0.29) is 24.0 Å². The van der Waals surface area contributed by atoms with Gasteiger partial charge in [-0.25, -0.2) is 0 Å². The summed E-state index contributed by atoms with van der Waals surface area (Å²) in [5.41, 5.74) is 7.47. The largest absolute Gasteiger partial charge is 0.378 e. The van der Waals surface area contributed by atoms with Gasteiger partial charge in [-0.05, 0) is 24.8 Å². The Balaban J connectivity index is 0.00000261. The molecule has 152 valence electrons. The van der Waals surface area contributed by atoms with Crippen LogP contribution in [-0.4, -0.2) is 72.7 Å². The van der Waals surface area contributed by atoms with Crippen molar-refractivity contribution in [1.29, 1.82) is 0 Å². The fraction of sp³-hybridized carbons (Fsp3) is 0.650. The number of aliphatic imine (C=N–C) groups is 1. The van der Waals surface area contributed by atoms with Crippen LogP contribution in [0.5, 0.6) is 0 Å². The number of ether oxygens (including phenoxy) is 1. The zero-order valence-electron chi connectivity index (χ0n) is 16.1. The number of rotatable bonds is 7. The van der Waals surface area contributed by atoms with Crippen LogP contribution in [0.4, 0.5) is 0 Å². The second kappa shape index (κ2) is 12.9. The van der Waals surface area contributed by atoms with E-state index in [1.54, 1.807) is 0 Å². The summed E-state index contributed by atoms with van der Waals surface area (Å²) in [6.45, 7) is 6.90. The average molecular weight is 504 g/mol. The molecule has 1 aromatic carbocycles.